The van der Waals surface area contributed by atoms with Crippen LogP contribution in [0.1, 0.15) is 36.5 Å². The van der Waals surface area contributed by atoms with Gasteiger partial charge in [0.15, 0.2) is 0 Å². The van der Waals surface area contributed by atoms with E-state index in [1.54, 1.807) is 26.9 Å². The normalized spacial score (nSPS) is 13.9. The van der Waals surface area contributed by atoms with E-state index in [1.807, 2.05) is 0 Å². The van der Waals surface area contributed by atoms with Gasteiger partial charge in [0.1, 0.15) is 0 Å². The van der Waals surface area contributed by atoms with E-state index < -0.39 is 15.2 Å². The van der Waals surface area contributed by atoms with Crippen molar-refractivity contribution >= 4 is 36.3 Å². The van der Waals surface area contributed by atoms with Gasteiger partial charge in [0.25, 0.3) is 0 Å². The van der Waals surface area contributed by atoms with E-state index in [9.17, 15) is 0 Å². The Balaban J connectivity index is 0.00000140. The maximum atomic E-state index is 2.63. The molecule has 0 spiro atoms. The van der Waals surface area contributed by atoms with E-state index in [0.29, 0.717) is 0 Å². The molecule has 0 nitrogen and oxygen atoms in total. The SMILES string of the molecule is CCCc1cc[c-]([Si](C)(C)[Si](C)(C)[c-]2ccc3cc4c(cc32)CCC4)c1.[Li+].[Li+]. The van der Waals surface area contributed by atoms with Crippen LogP contribution < -0.4 is 48.1 Å². The van der Waals surface area contributed by atoms with Crippen molar-refractivity contribution in [2.24, 2.45) is 0 Å². The van der Waals surface area contributed by atoms with Gasteiger partial charge in [0.2, 0.25) is 0 Å². The van der Waals surface area contributed by atoms with Crippen LogP contribution in [0.25, 0.3) is 10.8 Å². The summed E-state index contributed by atoms with van der Waals surface area (Å²) in [5.41, 5.74) is 4.76. The molecule has 0 saturated heterocycles. The van der Waals surface area contributed by atoms with Crippen LogP contribution >= 0.6 is 0 Å². The summed E-state index contributed by atoms with van der Waals surface area (Å²) in [5.74, 6) is 0. The molecule has 0 saturated carbocycles. The predicted molar refractivity (Wildman–Crippen MR) is 122 cm³/mol. The summed E-state index contributed by atoms with van der Waals surface area (Å²) in [4.78, 5) is 0. The molecule has 1 aliphatic carbocycles. The number of benzene rings is 1. The van der Waals surface area contributed by atoms with E-state index in [0.717, 1.165) is 0 Å². The van der Waals surface area contributed by atoms with Crippen LogP contribution in [0.2, 0.25) is 26.2 Å². The minimum atomic E-state index is -1.56. The van der Waals surface area contributed by atoms with Crippen molar-refractivity contribution in [3.05, 3.63) is 59.2 Å². The molecule has 0 aromatic heterocycles. The smallest absolute Gasteiger partial charge is 0.210 e. The number of hydrogen-bond donors (Lipinski definition) is 0. The molecule has 1 aliphatic rings. The van der Waals surface area contributed by atoms with Crippen molar-refractivity contribution in [3.8, 4) is 0 Å². The Bertz CT molecular complexity index is 947. The average Bonchev–Trinajstić information content (AvgIpc) is 3.31. The van der Waals surface area contributed by atoms with Gasteiger partial charge in [-0.05, 0) is 19.3 Å². The molecule has 0 atom stereocenters. The van der Waals surface area contributed by atoms with Crippen LogP contribution in [-0.4, -0.2) is 15.2 Å². The zero-order valence-corrected chi connectivity index (χ0v) is 21.1. The molecule has 28 heavy (non-hydrogen) atoms. The second kappa shape index (κ2) is 8.89. The number of hydrogen-bond acceptors (Lipinski definition) is 0. The minimum Gasteiger partial charge on any atom is -0.210 e. The fraction of sp³-hybridized carbons (Fsp3) is 0.417. The van der Waals surface area contributed by atoms with Crippen molar-refractivity contribution in [3.63, 3.8) is 0 Å². The van der Waals surface area contributed by atoms with E-state index >= 15 is 0 Å². The van der Waals surface area contributed by atoms with Gasteiger partial charge >= 0.3 is 37.7 Å². The zero-order chi connectivity index (χ0) is 18.5. The third kappa shape index (κ3) is 3.90. The maximum Gasteiger partial charge on any atom is 1.00 e. The van der Waals surface area contributed by atoms with E-state index in [1.165, 1.54) is 43.1 Å². The quantitative estimate of drug-likeness (QED) is 0.401. The number of rotatable bonds is 5. The predicted octanol–water partition coefficient (Wildman–Crippen LogP) is -0.664. The standard InChI is InChI=1S/C24H32Si2.2Li/c1-6-8-18-11-13-22(15-18)25(2,3)26(4,5)24-14-12-21-16-19-9-7-10-20(19)17-23(21)24;;/h11-17H,6-10H2,1-5H3;;/q-2;2*+1. The molecule has 3 aromatic carbocycles. The zero-order valence-electron chi connectivity index (χ0n) is 19.1. The van der Waals surface area contributed by atoms with Crippen LogP contribution in [0.4, 0.5) is 0 Å². The van der Waals surface area contributed by atoms with Gasteiger partial charge in [0, 0.05) is 15.2 Å². The summed E-state index contributed by atoms with van der Waals surface area (Å²) in [6, 6.07) is 17.3. The molecule has 0 N–H and O–H groups in total. The van der Waals surface area contributed by atoms with Crippen LogP contribution in [0.5, 0.6) is 0 Å². The van der Waals surface area contributed by atoms with Gasteiger partial charge in [-0.2, -0.15) is 35.0 Å². The molecule has 138 valence electrons. The average molecular weight is 391 g/mol. The summed E-state index contributed by atoms with van der Waals surface area (Å²) in [6.07, 6.45) is 6.36. The summed E-state index contributed by atoms with van der Waals surface area (Å²) in [7, 11) is -3.09. The Morgan fingerprint density at radius 2 is 1.57 bits per heavy atom. The molecular weight excluding hydrogens is 358 g/mol. The summed E-state index contributed by atoms with van der Waals surface area (Å²) >= 11 is 0. The van der Waals surface area contributed by atoms with Gasteiger partial charge in [-0.1, -0.05) is 57.1 Å². The Hall–Kier alpha value is -0.191. The number of aryl methyl sites for hydroxylation is 3. The molecule has 3 aromatic rings. The minimum absolute atomic E-state index is 0. The summed E-state index contributed by atoms with van der Waals surface area (Å²) in [5, 5.41) is 6.44. The Morgan fingerprint density at radius 3 is 2.25 bits per heavy atom. The first kappa shape index (κ1) is 24.1. The summed E-state index contributed by atoms with van der Waals surface area (Å²) in [6.45, 7) is 12.8. The van der Waals surface area contributed by atoms with Gasteiger partial charge in [-0.3, -0.25) is 0 Å². The van der Waals surface area contributed by atoms with Crippen LogP contribution in [0, 0.1) is 0 Å². The van der Waals surface area contributed by atoms with E-state index in [2.05, 4.69) is 75.6 Å². The third-order valence-electron chi connectivity index (χ3n) is 7.30. The largest absolute Gasteiger partial charge is 1.00 e. The van der Waals surface area contributed by atoms with Gasteiger partial charge in [0.05, 0.1) is 0 Å². The van der Waals surface area contributed by atoms with Gasteiger partial charge < -0.3 is 0 Å². The van der Waals surface area contributed by atoms with Crippen molar-refractivity contribution in [1.29, 1.82) is 0 Å². The molecule has 4 rings (SSSR count). The second-order valence-corrected chi connectivity index (χ2v) is 24.4. The Labute approximate surface area is 197 Å². The second-order valence-electron chi connectivity index (χ2n) is 9.32. The molecule has 4 heteroatoms. The maximum absolute atomic E-state index is 2.63. The van der Waals surface area contributed by atoms with Crippen molar-refractivity contribution in [2.75, 3.05) is 0 Å². The van der Waals surface area contributed by atoms with Gasteiger partial charge in [-0.25, -0.2) is 6.07 Å². The molecule has 0 fully saturated rings. The first-order valence-corrected chi connectivity index (χ1v) is 17.3. The van der Waals surface area contributed by atoms with Gasteiger partial charge in [-0.15, -0.1) is 28.1 Å². The molecule has 0 radical (unpaired) electrons. The fourth-order valence-corrected chi connectivity index (χ4v) is 14.0. The first-order valence-electron chi connectivity index (χ1n) is 10.3. The number of fused-ring (bicyclic) bond motifs is 2. The molecule has 0 unspecified atom stereocenters. The van der Waals surface area contributed by atoms with Crippen LogP contribution in [0.3, 0.4) is 0 Å². The Morgan fingerprint density at radius 1 is 0.893 bits per heavy atom. The van der Waals surface area contributed by atoms with Crippen molar-refractivity contribution in [1.82, 2.24) is 0 Å². The van der Waals surface area contributed by atoms with Crippen LogP contribution in [-0.2, 0) is 19.3 Å². The van der Waals surface area contributed by atoms with Crippen molar-refractivity contribution < 1.29 is 37.7 Å². The topological polar surface area (TPSA) is 0 Å². The van der Waals surface area contributed by atoms with E-state index in [4.69, 9.17) is 0 Å². The third-order valence-corrected chi connectivity index (χ3v) is 25.0. The molecule has 0 aliphatic heterocycles. The molecular formula is C24H32Li2Si2. The van der Waals surface area contributed by atoms with Crippen LogP contribution in [0.15, 0.2) is 42.5 Å². The first-order chi connectivity index (χ1) is 12.3. The Kier molecular flexibility index (Phi) is 7.65. The molecule has 0 amide bonds. The fourth-order valence-electron chi connectivity index (χ4n) is 4.85. The van der Waals surface area contributed by atoms with Crippen molar-refractivity contribution in [2.45, 2.75) is 65.2 Å². The summed E-state index contributed by atoms with van der Waals surface area (Å²) < 4.78 is 0. The van der Waals surface area contributed by atoms with E-state index in [-0.39, 0.29) is 37.7 Å². The monoisotopic (exact) mass is 390 g/mol. The molecule has 0 bridgehead atoms. The molecule has 0 heterocycles.